The number of nitrogens with one attached hydrogen (secondary N) is 2. The number of aromatic nitrogens is 8. The Labute approximate surface area is 459 Å². The summed E-state index contributed by atoms with van der Waals surface area (Å²) in [5, 5.41) is 13.0. The summed E-state index contributed by atoms with van der Waals surface area (Å²) in [6, 6.07) is 43.7. The molecule has 8 nitrogen and oxygen atoms in total. The molecule has 2 aliphatic rings. The third kappa shape index (κ3) is 8.69. The van der Waals surface area contributed by atoms with Crippen molar-refractivity contribution in [3.63, 3.8) is 0 Å². The van der Waals surface area contributed by atoms with Crippen LogP contribution in [0.3, 0.4) is 0 Å². The lowest BCUT2D eigenvalue weighted by atomic mass is 10.0. The summed E-state index contributed by atoms with van der Waals surface area (Å²) in [7, 11) is 0. The first kappa shape index (κ1) is 49.2. The Morgan fingerprint density at radius 3 is 0.934 bits per heavy atom. The molecule has 13 rings (SSSR count). The molecular weight excluding hydrogens is 1010 g/mol. The highest BCUT2D eigenvalue weighted by molar-refractivity contribution is 8.01. The molecule has 5 heterocycles. The Hall–Kier alpha value is -6.44. The van der Waals surface area contributed by atoms with Gasteiger partial charge in [0.2, 0.25) is 0 Å². The highest BCUT2D eigenvalue weighted by atomic mass is 32.2. The Morgan fingerprint density at radius 1 is 0.303 bits per heavy atom. The van der Waals surface area contributed by atoms with Crippen LogP contribution in [0.4, 0.5) is 0 Å². The molecule has 0 radical (unpaired) electrons. The van der Waals surface area contributed by atoms with E-state index < -0.39 is 0 Å². The SMILES string of the molecule is CC(C)(C)Sc1c2c(cc3ccccc13)-c1nc-2nc2[nH]c(nc3nc(nc4[nH]c(n1)c1c(SC(C)(C)C)c5ccccc5cc41)-c1c-3cc3ccccc3c1SC(C)(C)C)c1c(SC(C)(C)C)c3ccccc3cc21. The lowest BCUT2D eigenvalue weighted by molar-refractivity contribution is 0.803. The van der Waals surface area contributed by atoms with Gasteiger partial charge in [-0.2, -0.15) is 0 Å². The number of hydrogen-bond acceptors (Lipinski definition) is 10. The van der Waals surface area contributed by atoms with E-state index in [1.807, 2.05) is 47.0 Å². The van der Waals surface area contributed by atoms with E-state index >= 15 is 0 Å². The average molecular weight is 1070 g/mol. The third-order valence-corrected chi connectivity index (χ3v) is 18.3. The smallest absolute Gasteiger partial charge is 0.165 e. The van der Waals surface area contributed by atoms with E-state index in [1.165, 1.54) is 0 Å². The van der Waals surface area contributed by atoms with E-state index in [0.29, 0.717) is 45.9 Å². The molecule has 0 saturated heterocycles. The van der Waals surface area contributed by atoms with E-state index in [9.17, 15) is 0 Å². The van der Waals surface area contributed by atoms with Crippen molar-refractivity contribution in [2.45, 2.75) is 122 Å². The quantitative estimate of drug-likeness (QED) is 0.165. The molecule has 0 aliphatic carbocycles. The maximum Gasteiger partial charge on any atom is 0.165 e. The van der Waals surface area contributed by atoms with Crippen LogP contribution >= 0.6 is 47.0 Å². The van der Waals surface area contributed by atoms with Crippen LogP contribution in [0.15, 0.2) is 141 Å². The molecule has 0 spiro atoms. The van der Waals surface area contributed by atoms with Gasteiger partial charge in [-0.25, -0.2) is 29.9 Å². The van der Waals surface area contributed by atoms with Crippen molar-refractivity contribution in [3.05, 3.63) is 121 Å². The van der Waals surface area contributed by atoms with Gasteiger partial charge < -0.3 is 9.97 Å². The Morgan fingerprint density at radius 2 is 0.592 bits per heavy atom. The van der Waals surface area contributed by atoms with Crippen LogP contribution in [0.5, 0.6) is 0 Å². The first-order valence-corrected chi connectivity index (χ1v) is 29.2. The van der Waals surface area contributed by atoms with E-state index in [0.717, 1.165) is 106 Å². The van der Waals surface area contributed by atoms with Crippen molar-refractivity contribution in [3.8, 4) is 45.6 Å². The van der Waals surface area contributed by atoms with Crippen molar-refractivity contribution >= 4 is 134 Å². The van der Waals surface area contributed by atoms with Crippen LogP contribution in [0.2, 0.25) is 0 Å². The van der Waals surface area contributed by atoms with Gasteiger partial charge >= 0.3 is 0 Å². The molecule has 0 fully saturated rings. The number of rotatable bonds is 4. The van der Waals surface area contributed by atoms with Crippen molar-refractivity contribution in [2.24, 2.45) is 0 Å². The van der Waals surface area contributed by atoms with Crippen LogP contribution in [0.25, 0.3) is 133 Å². The Bertz CT molecular complexity index is 4180. The molecule has 2 N–H and O–H groups in total. The number of benzene rings is 8. The summed E-state index contributed by atoms with van der Waals surface area (Å²) in [4.78, 5) is 46.3. The summed E-state index contributed by atoms with van der Waals surface area (Å²) in [6.07, 6.45) is 0. The van der Waals surface area contributed by atoms with Gasteiger partial charge in [-0.05, 0) is 67.4 Å². The molecule has 0 saturated carbocycles. The van der Waals surface area contributed by atoms with Gasteiger partial charge in [0.25, 0.3) is 0 Å². The zero-order chi connectivity index (χ0) is 52.8. The largest absolute Gasteiger partial charge is 0.324 e. The van der Waals surface area contributed by atoms with Crippen LogP contribution in [-0.2, 0) is 0 Å². The predicted molar refractivity (Wildman–Crippen MR) is 329 cm³/mol. The van der Waals surface area contributed by atoms with Crippen molar-refractivity contribution < 1.29 is 0 Å². The topological polar surface area (TPSA) is 109 Å². The van der Waals surface area contributed by atoms with Crippen LogP contribution in [0, 0.1) is 0 Å². The van der Waals surface area contributed by atoms with E-state index in [4.69, 9.17) is 29.9 Å². The summed E-state index contributed by atoms with van der Waals surface area (Å²) in [5.74, 6) is 2.36. The number of nitrogens with zero attached hydrogens (tertiary/aromatic N) is 6. The number of thioether (sulfide) groups is 4. The fourth-order valence-electron chi connectivity index (χ4n) is 10.6. The zero-order valence-corrected chi connectivity index (χ0v) is 48.1. The number of fused-ring (bicyclic) bond motifs is 24. The lowest BCUT2D eigenvalue weighted by Crippen LogP contribution is -2.07. The predicted octanol–water partition coefficient (Wildman–Crippen LogP) is 19.0. The summed E-state index contributed by atoms with van der Waals surface area (Å²) in [5.41, 5.74) is 6.50. The molecule has 0 unspecified atom stereocenters. The van der Waals surface area contributed by atoms with E-state index in [-0.39, 0.29) is 19.0 Å². The number of aromatic amines is 2. The summed E-state index contributed by atoms with van der Waals surface area (Å²) >= 11 is 7.40. The van der Waals surface area contributed by atoms with Gasteiger partial charge in [-0.1, -0.05) is 180 Å². The molecule has 8 aromatic carbocycles. The fourth-order valence-corrected chi connectivity index (χ4v) is 15.4. The normalized spacial score (nSPS) is 13.2. The highest BCUT2D eigenvalue weighted by Crippen LogP contribution is 2.52. The lowest BCUT2D eigenvalue weighted by Gasteiger charge is -2.21. The standard InChI is InChI=1S/C64H58N8S4/c1-61(2,3)73-49-37-25-17-13-21-33(37)29-41-45(49)57-65-53(41)70-58-47-43(31-35-23-15-19-27-39(35)51(47)75-63(7,8)9)55(67-58)72-60-48-44(32-36-24-16-20-28-40(36)52(48)76-64(10,11)12)56(68-60)71-59-46-42(54(66-59)69-57)30-34-22-14-18-26-38(34)50(46)74-62(4,5)6/h13-32H,1-12H3,(H2,65,66,67,68,69,70,71,72). The maximum atomic E-state index is 5.73. The fraction of sp³-hybridized carbons (Fsp3) is 0.250. The molecule has 2 aliphatic heterocycles. The van der Waals surface area contributed by atoms with E-state index in [1.54, 1.807) is 0 Å². The summed E-state index contributed by atoms with van der Waals surface area (Å²) < 4.78 is -0.556. The molecule has 12 heteroatoms. The van der Waals surface area contributed by atoms with Gasteiger partial charge in [0.15, 0.2) is 23.3 Å². The van der Waals surface area contributed by atoms with Gasteiger partial charge in [0.05, 0.1) is 0 Å². The zero-order valence-electron chi connectivity index (χ0n) is 44.9. The minimum atomic E-state index is -0.141. The average Bonchev–Trinajstić information content (AvgIpc) is 4.08. The van der Waals surface area contributed by atoms with Crippen molar-refractivity contribution in [2.75, 3.05) is 0 Å². The second-order valence-electron chi connectivity index (χ2n) is 23.9. The molecule has 11 aromatic rings. The molecule has 378 valence electrons. The van der Waals surface area contributed by atoms with Crippen LogP contribution in [0.1, 0.15) is 83.1 Å². The van der Waals surface area contributed by atoms with Gasteiger partial charge in [0.1, 0.15) is 22.6 Å². The molecule has 76 heavy (non-hydrogen) atoms. The molecule has 0 atom stereocenters. The first-order valence-electron chi connectivity index (χ1n) is 25.9. The van der Waals surface area contributed by atoms with Crippen molar-refractivity contribution in [1.82, 2.24) is 39.9 Å². The molecule has 0 amide bonds. The second kappa shape index (κ2) is 17.5. The highest BCUT2D eigenvalue weighted by Gasteiger charge is 2.32. The summed E-state index contributed by atoms with van der Waals surface area (Å²) in [6.45, 7) is 27.2. The minimum absolute atomic E-state index is 0.137. The van der Waals surface area contributed by atoms with Crippen LogP contribution in [-0.4, -0.2) is 58.9 Å². The Kier molecular flexibility index (Phi) is 11.3. The minimum Gasteiger partial charge on any atom is -0.324 e. The molecule has 3 aromatic heterocycles. The molecule has 8 bridgehead atoms. The van der Waals surface area contributed by atoms with E-state index in [2.05, 4.69) is 214 Å². The number of H-pyrrole nitrogens is 2. The second-order valence-corrected chi connectivity index (χ2v) is 31.2. The monoisotopic (exact) mass is 1070 g/mol. The van der Waals surface area contributed by atoms with Crippen molar-refractivity contribution in [1.29, 1.82) is 0 Å². The van der Waals surface area contributed by atoms with Gasteiger partial charge in [-0.3, -0.25) is 0 Å². The van der Waals surface area contributed by atoms with Gasteiger partial charge in [-0.15, -0.1) is 47.0 Å². The Balaban J connectivity index is 1.29. The molecular formula is C64H58N8S4. The maximum absolute atomic E-state index is 5.73. The van der Waals surface area contributed by atoms with Crippen LogP contribution < -0.4 is 0 Å². The van der Waals surface area contributed by atoms with Gasteiger partial charge in [0, 0.05) is 82.4 Å². The third-order valence-electron chi connectivity index (χ3n) is 13.3. The first-order chi connectivity index (χ1) is 36.1. The number of hydrogen-bond donors (Lipinski definition) is 2.